The molecule has 1 aromatic heterocycles. The first-order valence-corrected chi connectivity index (χ1v) is 6.59. The van der Waals surface area contributed by atoms with Crippen molar-refractivity contribution in [2.24, 2.45) is 5.73 Å². The molecule has 0 spiro atoms. The first kappa shape index (κ1) is 13.7. The molecule has 1 aromatic carbocycles. The summed E-state index contributed by atoms with van der Waals surface area (Å²) in [6, 6.07) is 6.50. The van der Waals surface area contributed by atoms with Gasteiger partial charge in [-0.15, -0.1) is 0 Å². The lowest BCUT2D eigenvalue weighted by Crippen LogP contribution is -2.23. The Morgan fingerprint density at radius 3 is 2.53 bits per heavy atom. The van der Waals surface area contributed by atoms with Crippen LogP contribution in [0.25, 0.3) is 0 Å². The van der Waals surface area contributed by atoms with Crippen molar-refractivity contribution in [1.82, 2.24) is 9.78 Å². The van der Waals surface area contributed by atoms with Gasteiger partial charge in [0.25, 0.3) is 0 Å². The zero-order valence-electron chi connectivity index (χ0n) is 11.7. The Balaban J connectivity index is 2.52. The van der Waals surface area contributed by atoms with Gasteiger partial charge in [-0.3, -0.25) is 4.68 Å². The summed E-state index contributed by atoms with van der Waals surface area (Å²) in [4.78, 5) is 0. The van der Waals surface area contributed by atoms with Gasteiger partial charge in [0.1, 0.15) is 5.82 Å². The molecule has 0 aliphatic heterocycles. The van der Waals surface area contributed by atoms with Crippen LogP contribution in [-0.2, 0) is 6.42 Å². The summed E-state index contributed by atoms with van der Waals surface area (Å²) in [7, 11) is 0. The van der Waals surface area contributed by atoms with E-state index in [4.69, 9.17) is 5.73 Å². The Hall–Kier alpha value is -1.68. The summed E-state index contributed by atoms with van der Waals surface area (Å²) in [5, 5.41) is 4.54. The second-order valence-electron chi connectivity index (χ2n) is 4.72. The van der Waals surface area contributed by atoms with Gasteiger partial charge >= 0.3 is 0 Å². The topological polar surface area (TPSA) is 43.8 Å². The standard InChI is InChI=1S/C15H20FN3/c1-4-12-10(2)18-19(11(12)3)15(9-17)13-7-5-6-8-14(13)16/h5-8,15H,4,9,17H2,1-3H3. The van der Waals surface area contributed by atoms with Gasteiger partial charge in [0, 0.05) is 17.8 Å². The molecule has 4 heteroatoms. The van der Waals surface area contributed by atoms with Crippen molar-refractivity contribution in [3.63, 3.8) is 0 Å². The van der Waals surface area contributed by atoms with E-state index in [1.54, 1.807) is 12.1 Å². The monoisotopic (exact) mass is 261 g/mol. The van der Waals surface area contributed by atoms with Gasteiger partial charge in [0.2, 0.25) is 0 Å². The third kappa shape index (κ3) is 2.40. The molecule has 0 fully saturated rings. The molecule has 0 radical (unpaired) electrons. The molecule has 1 heterocycles. The van der Waals surface area contributed by atoms with E-state index in [1.807, 2.05) is 24.6 Å². The van der Waals surface area contributed by atoms with E-state index < -0.39 is 0 Å². The van der Waals surface area contributed by atoms with E-state index in [2.05, 4.69) is 12.0 Å². The molecule has 3 nitrogen and oxygen atoms in total. The predicted octanol–water partition coefficient (Wildman–Crippen LogP) is 2.75. The molecule has 2 N–H and O–H groups in total. The fourth-order valence-corrected chi connectivity index (χ4v) is 2.62. The first-order valence-electron chi connectivity index (χ1n) is 6.59. The quantitative estimate of drug-likeness (QED) is 0.919. The highest BCUT2D eigenvalue weighted by Crippen LogP contribution is 2.24. The van der Waals surface area contributed by atoms with Crippen LogP contribution in [0, 0.1) is 19.7 Å². The molecule has 1 unspecified atom stereocenters. The Labute approximate surface area is 113 Å². The van der Waals surface area contributed by atoms with Gasteiger partial charge in [0.05, 0.1) is 11.7 Å². The van der Waals surface area contributed by atoms with E-state index in [-0.39, 0.29) is 11.9 Å². The van der Waals surface area contributed by atoms with Crippen LogP contribution in [0.2, 0.25) is 0 Å². The lowest BCUT2D eigenvalue weighted by atomic mass is 10.1. The number of hydrogen-bond donors (Lipinski definition) is 1. The summed E-state index contributed by atoms with van der Waals surface area (Å²) in [6.45, 7) is 6.42. The van der Waals surface area contributed by atoms with Gasteiger partial charge in [-0.1, -0.05) is 25.1 Å². The number of hydrogen-bond acceptors (Lipinski definition) is 2. The predicted molar refractivity (Wildman–Crippen MR) is 74.7 cm³/mol. The van der Waals surface area contributed by atoms with Crippen molar-refractivity contribution in [3.05, 3.63) is 52.6 Å². The Bertz CT molecular complexity index is 575. The van der Waals surface area contributed by atoms with Crippen LogP contribution < -0.4 is 5.73 Å². The molecule has 0 amide bonds. The Morgan fingerprint density at radius 2 is 2.00 bits per heavy atom. The van der Waals surface area contributed by atoms with Crippen molar-refractivity contribution >= 4 is 0 Å². The minimum atomic E-state index is -0.250. The van der Waals surface area contributed by atoms with Crippen molar-refractivity contribution in [1.29, 1.82) is 0 Å². The number of aryl methyl sites for hydroxylation is 1. The third-order valence-electron chi connectivity index (χ3n) is 3.61. The summed E-state index contributed by atoms with van der Waals surface area (Å²) in [6.07, 6.45) is 0.923. The highest BCUT2D eigenvalue weighted by Gasteiger charge is 2.20. The number of nitrogens with two attached hydrogens (primary N) is 1. The maximum atomic E-state index is 13.9. The maximum absolute atomic E-state index is 13.9. The average molecular weight is 261 g/mol. The molecule has 0 aliphatic rings. The highest BCUT2D eigenvalue weighted by molar-refractivity contribution is 5.28. The number of rotatable bonds is 4. The molecule has 0 saturated carbocycles. The minimum Gasteiger partial charge on any atom is -0.328 e. The first-order chi connectivity index (χ1) is 9.10. The van der Waals surface area contributed by atoms with Gasteiger partial charge in [0.15, 0.2) is 0 Å². The SMILES string of the molecule is CCc1c(C)nn(C(CN)c2ccccc2F)c1C. The van der Waals surface area contributed by atoms with Crippen LogP contribution in [-0.4, -0.2) is 16.3 Å². The van der Waals surface area contributed by atoms with Gasteiger partial charge in [-0.25, -0.2) is 4.39 Å². The summed E-state index contributed by atoms with van der Waals surface area (Å²) >= 11 is 0. The van der Waals surface area contributed by atoms with Crippen LogP contribution in [0.3, 0.4) is 0 Å². The van der Waals surface area contributed by atoms with E-state index in [0.29, 0.717) is 12.1 Å². The van der Waals surface area contributed by atoms with Crippen LogP contribution in [0.1, 0.15) is 35.5 Å². The van der Waals surface area contributed by atoms with E-state index >= 15 is 0 Å². The smallest absolute Gasteiger partial charge is 0.128 e. The average Bonchev–Trinajstić information content (AvgIpc) is 2.68. The van der Waals surface area contributed by atoms with E-state index in [0.717, 1.165) is 17.8 Å². The fourth-order valence-electron chi connectivity index (χ4n) is 2.62. The lowest BCUT2D eigenvalue weighted by molar-refractivity contribution is 0.487. The number of aromatic nitrogens is 2. The molecule has 1 atom stereocenters. The van der Waals surface area contributed by atoms with Gasteiger partial charge in [-0.05, 0) is 31.9 Å². The van der Waals surface area contributed by atoms with Crippen LogP contribution in [0.15, 0.2) is 24.3 Å². The number of halogens is 1. The molecule has 19 heavy (non-hydrogen) atoms. The summed E-state index contributed by atoms with van der Waals surface area (Å²) in [5.74, 6) is -0.233. The normalized spacial score (nSPS) is 12.7. The second-order valence-corrected chi connectivity index (χ2v) is 4.72. The zero-order chi connectivity index (χ0) is 14.0. The highest BCUT2D eigenvalue weighted by atomic mass is 19.1. The molecule has 2 aromatic rings. The molecular weight excluding hydrogens is 241 g/mol. The summed E-state index contributed by atoms with van der Waals surface area (Å²) in [5.41, 5.74) is 9.72. The maximum Gasteiger partial charge on any atom is 0.128 e. The van der Waals surface area contributed by atoms with Gasteiger partial charge in [-0.2, -0.15) is 5.10 Å². The van der Waals surface area contributed by atoms with Crippen molar-refractivity contribution in [3.8, 4) is 0 Å². The Kier molecular flexibility index (Phi) is 4.00. The Morgan fingerprint density at radius 1 is 1.32 bits per heavy atom. The molecule has 0 aliphatic carbocycles. The third-order valence-corrected chi connectivity index (χ3v) is 3.61. The van der Waals surface area contributed by atoms with Crippen molar-refractivity contribution in [2.45, 2.75) is 33.2 Å². The van der Waals surface area contributed by atoms with Crippen molar-refractivity contribution in [2.75, 3.05) is 6.54 Å². The number of benzene rings is 1. The lowest BCUT2D eigenvalue weighted by Gasteiger charge is -2.18. The molecule has 0 bridgehead atoms. The van der Waals surface area contributed by atoms with Crippen LogP contribution in [0.4, 0.5) is 4.39 Å². The largest absolute Gasteiger partial charge is 0.328 e. The zero-order valence-corrected chi connectivity index (χ0v) is 11.7. The fraction of sp³-hybridized carbons (Fsp3) is 0.400. The second kappa shape index (κ2) is 5.53. The molecule has 0 saturated heterocycles. The van der Waals surface area contributed by atoms with Crippen molar-refractivity contribution < 1.29 is 4.39 Å². The van der Waals surface area contributed by atoms with E-state index in [9.17, 15) is 4.39 Å². The molecule has 102 valence electrons. The summed E-state index contributed by atoms with van der Waals surface area (Å²) < 4.78 is 15.8. The van der Waals surface area contributed by atoms with Gasteiger partial charge < -0.3 is 5.73 Å². The van der Waals surface area contributed by atoms with Crippen LogP contribution in [0.5, 0.6) is 0 Å². The van der Waals surface area contributed by atoms with E-state index in [1.165, 1.54) is 11.6 Å². The van der Waals surface area contributed by atoms with Crippen LogP contribution >= 0.6 is 0 Å². The molecular formula is C15H20FN3. The number of nitrogens with zero attached hydrogens (tertiary/aromatic N) is 2. The molecule has 2 rings (SSSR count). The minimum absolute atomic E-state index is 0.233.